The molecule has 0 saturated carbocycles. The summed E-state index contributed by atoms with van der Waals surface area (Å²) in [7, 11) is 0. The molecule has 3 aromatic carbocycles. The standard InChI is InChI=1S/C28H26Cl2N4O3S2/c1-3-33(4-2)21-12-10-19(24(16-21)37-17-18-8-6-5-7-9-18)14-25-26(35)34(28(38)39-25)32-27(36)31-20-11-13-22(29)23(30)15-20/h5-16H,3-4,17H2,1-2H3,(H2,31,32,36)/b25-14+. The number of anilines is 2. The minimum Gasteiger partial charge on any atom is -0.488 e. The molecule has 0 aromatic heterocycles. The fourth-order valence-electron chi connectivity index (χ4n) is 3.83. The molecule has 202 valence electrons. The van der Waals surface area contributed by atoms with E-state index in [1.54, 1.807) is 18.2 Å². The fraction of sp³-hybridized carbons (Fsp3) is 0.179. The van der Waals surface area contributed by atoms with Gasteiger partial charge < -0.3 is 15.0 Å². The zero-order valence-electron chi connectivity index (χ0n) is 21.2. The van der Waals surface area contributed by atoms with E-state index in [0.717, 1.165) is 46.7 Å². The van der Waals surface area contributed by atoms with Gasteiger partial charge in [-0.2, -0.15) is 5.01 Å². The molecule has 1 heterocycles. The van der Waals surface area contributed by atoms with E-state index in [1.807, 2.05) is 48.5 Å². The largest absolute Gasteiger partial charge is 0.488 e. The molecular formula is C28H26Cl2N4O3S2. The molecule has 11 heteroatoms. The summed E-state index contributed by atoms with van der Waals surface area (Å²) in [6.45, 7) is 6.27. The molecule has 1 aliphatic rings. The van der Waals surface area contributed by atoms with Crippen LogP contribution in [0.2, 0.25) is 10.0 Å². The van der Waals surface area contributed by atoms with E-state index in [1.165, 1.54) is 6.07 Å². The summed E-state index contributed by atoms with van der Waals surface area (Å²) in [5.41, 5.74) is 5.68. The number of hydrogen-bond acceptors (Lipinski definition) is 6. The van der Waals surface area contributed by atoms with Gasteiger partial charge in [0.2, 0.25) is 0 Å². The van der Waals surface area contributed by atoms with Gasteiger partial charge in [0, 0.05) is 36.1 Å². The number of benzene rings is 3. The molecule has 3 aromatic rings. The Bertz CT molecular complexity index is 1420. The highest BCUT2D eigenvalue weighted by atomic mass is 35.5. The maximum Gasteiger partial charge on any atom is 0.338 e. The lowest BCUT2D eigenvalue weighted by atomic mass is 10.1. The molecule has 0 unspecified atom stereocenters. The van der Waals surface area contributed by atoms with Crippen LogP contribution in [0.25, 0.3) is 6.08 Å². The predicted octanol–water partition coefficient (Wildman–Crippen LogP) is 7.36. The van der Waals surface area contributed by atoms with Gasteiger partial charge in [-0.25, -0.2) is 10.2 Å². The first kappa shape index (κ1) is 28.8. The number of carbonyl (C=O) groups excluding carboxylic acids is 2. The van der Waals surface area contributed by atoms with Crippen LogP contribution >= 0.6 is 47.2 Å². The van der Waals surface area contributed by atoms with Crippen molar-refractivity contribution in [2.75, 3.05) is 23.3 Å². The van der Waals surface area contributed by atoms with Crippen molar-refractivity contribution in [1.82, 2.24) is 10.4 Å². The number of nitrogens with one attached hydrogen (secondary N) is 2. The number of halogens is 2. The van der Waals surface area contributed by atoms with Crippen LogP contribution in [-0.4, -0.2) is 34.4 Å². The van der Waals surface area contributed by atoms with Crippen LogP contribution in [0.4, 0.5) is 16.2 Å². The molecule has 0 bridgehead atoms. The highest BCUT2D eigenvalue weighted by Gasteiger charge is 2.34. The highest BCUT2D eigenvalue weighted by molar-refractivity contribution is 8.26. The maximum absolute atomic E-state index is 13.2. The van der Waals surface area contributed by atoms with Crippen LogP contribution < -0.4 is 20.4 Å². The first-order valence-electron chi connectivity index (χ1n) is 12.2. The van der Waals surface area contributed by atoms with Gasteiger partial charge in [-0.15, -0.1) is 0 Å². The quantitative estimate of drug-likeness (QED) is 0.197. The first-order valence-corrected chi connectivity index (χ1v) is 14.1. The average molecular weight is 602 g/mol. The highest BCUT2D eigenvalue weighted by Crippen LogP contribution is 2.35. The Labute approximate surface area is 247 Å². The van der Waals surface area contributed by atoms with Crippen LogP contribution in [0.5, 0.6) is 5.75 Å². The van der Waals surface area contributed by atoms with Crippen molar-refractivity contribution in [2.24, 2.45) is 0 Å². The first-order chi connectivity index (χ1) is 18.8. The molecule has 0 spiro atoms. The number of thiocarbonyl (C=S) groups is 1. The normalized spacial score (nSPS) is 14.1. The van der Waals surface area contributed by atoms with Crippen molar-refractivity contribution >= 4 is 80.9 Å². The summed E-state index contributed by atoms with van der Waals surface area (Å²) in [5.74, 6) is 0.190. The Hall–Kier alpha value is -3.24. The predicted molar refractivity (Wildman–Crippen MR) is 164 cm³/mol. The van der Waals surface area contributed by atoms with Crippen molar-refractivity contribution in [1.29, 1.82) is 0 Å². The van der Waals surface area contributed by atoms with Crippen molar-refractivity contribution < 1.29 is 14.3 Å². The maximum atomic E-state index is 13.2. The van der Waals surface area contributed by atoms with Crippen molar-refractivity contribution in [3.63, 3.8) is 0 Å². The van der Waals surface area contributed by atoms with Crippen molar-refractivity contribution in [3.8, 4) is 5.75 Å². The summed E-state index contributed by atoms with van der Waals surface area (Å²) in [6.07, 6.45) is 1.73. The second-order valence-corrected chi connectivity index (χ2v) is 10.9. The number of hydrazine groups is 1. The van der Waals surface area contributed by atoms with E-state index in [4.69, 9.17) is 40.2 Å². The van der Waals surface area contributed by atoms with E-state index in [0.29, 0.717) is 33.0 Å². The monoisotopic (exact) mass is 600 g/mol. The third-order valence-electron chi connectivity index (χ3n) is 5.83. The Morgan fingerprint density at radius 3 is 2.49 bits per heavy atom. The van der Waals surface area contributed by atoms with Crippen LogP contribution in [0.1, 0.15) is 25.0 Å². The number of rotatable bonds is 9. The van der Waals surface area contributed by atoms with E-state index < -0.39 is 11.9 Å². The van der Waals surface area contributed by atoms with E-state index in [9.17, 15) is 9.59 Å². The zero-order valence-corrected chi connectivity index (χ0v) is 24.4. The SMILES string of the molecule is CCN(CC)c1ccc(/C=C2/SC(=S)N(NC(=O)Nc3ccc(Cl)c(Cl)c3)C2=O)c(OCc2ccccc2)c1. The minimum absolute atomic E-state index is 0.196. The average Bonchev–Trinajstić information content (AvgIpc) is 3.19. The fourth-order valence-corrected chi connectivity index (χ4v) is 5.30. The number of hydrogen-bond donors (Lipinski definition) is 2. The third kappa shape index (κ3) is 7.24. The van der Waals surface area contributed by atoms with Crippen molar-refractivity contribution in [3.05, 3.63) is 92.8 Å². The van der Waals surface area contributed by atoms with Gasteiger partial charge in [0.1, 0.15) is 12.4 Å². The van der Waals surface area contributed by atoms with Gasteiger partial charge in [-0.05, 0) is 68.0 Å². The van der Waals surface area contributed by atoms with Gasteiger partial charge in [0.15, 0.2) is 4.32 Å². The lowest BCUT2D eigenvalue weighted by molar-refractivity contribution is -0.123. The number of ether oxygens (including phenoxy) is 1. The lowest BCUT2D eigenvalue weighted by Crippen LogP contribution is -2.46. The molecule has 1 fully saturated rings. The van der Waals surface area contributed by atoms with Gasteiger partial charge >= 0.3 is 6.03 Å². The summed E-state index contributed by atoms with van der Waals surface area (Å²) in [4.78, 5) is 28.3. The molecule has 0 atom stereocenters. The Balaban J connectivity index is 1.53. The zero-order chi connectivity index (χ0) is 27.9. The van der Waals surface area contributed by atoms with Gasteiger partial charge in [-0.3, -0.25) is 4.79 Å². The van der Waals surface area contributed by atoms with Gasteiger partial charge in [0.25, 0.3) is 5.91 Å². The summed E-state index contributed by atoms with van der Waals surface area (Å²) in [5, 5.41) is 4.30. The van der Waals surface area contributed by atoms with Crippen molar-refractivity contribution in [2.45, 2.75) is 20.5 Å². The molecule has 1 saturated heterocycles. The lowest BCUT2D eigenvalue weighted by Gasteiger charge is -2.22. The number of carbonyl (C=O) groups is 2. The molecule has 2 N–H and O–H groups in total. The third-order valence-corrected chi connectivity index (χ3v) is 7.88. The molecule has 0 aliphatic carbocycles. The molecule has 4 rings (SSSR count). The molecular weight excluding hydrogens is 575 g/mol. The van der Waals surface area contributed by atoms with E-state index in [-0.39, 0.29) is 4.32 Å². The summed E-state index contributed by atoms with van der Waals surface area (Å²) >= 11 is 18.4. The van der Waals surface area contributed by atoms with Crippen LogP contribution in [0.3, 0.4) is 0 Å². The second-order valence-electron chi connectivity index (χ2n) is 8.38. The van der Waals surface area contributed by atoms with Crippen LogP contribution in [0.15, 0.2) is 71.6 Å². The topological polar surface area (TPSA) is 73.9 Å². The van der Waals surface area contributed by atoms with Gasteiger partial charge in [0.05, 0.1) is 15.0 Å². The molecule has 7 nitrogen and oxygen atoms in total. The number of urea groups is 1. The summed E-state index contributed by atoms with van der Waals surface area (Å²) in [6, 6.07) is 19.8. The number of amides is 3. The number of thioether (sulfide) groups is 1. The molecule has 3 amide bonds. The Morgan fingerprint density at radius 2 is 1.79 bits per heavy atom. The van der Waals surface area contributed by atoms with E-state index >= 15 is 0 Å². The minimum atomic E-state index is -0.651. The molecule has 39 heavy (non-hydrogen) atoms. The van der Waals surface area contributed by atoms with Gasteiger partial charge in [-0.1, -0.05) is 65.3 Å². The van der Waals surface area contributed by atoms with E-state index in [2.05, 4.69) is 29.5 Å². The number of nitrogens with zero attached hydrogens (tertiary/aromatic N) is 2. The second kappa shape index (κ2) is 13.2. The van der Waals surface area contributed by atoms with Crippen LogP contribution in [-0.2, 0) is 11.4 Å². The molecule has 1 aliphatic heterocycles. The Morgan fingerprint density at radius 1 is 1.05 bits per heavy atom. The summed E-state index contributed by atoms with van der Waals surface area (Å²) < 4.78 is 6.41. The molecule has 0 radical (unpaired) electrons. The van der Waals surface area contributed by atoms with Crippen LogP contribution in [0, 0.1) is 0 Å². The Kier molecular flexibility index (Phi) is 9.74. The smallest absolute Gasteiger partial charge is 0.338 e.